The number of anilines is 3. The summed E-state index contributed by atoms with van der Waals surface area (Å²) in [4.78, 5) is 37.0. The topological polar surface area (TPSA) is 104 Å². The van der Waals surface area contributed by atoms with E-state index in [0.717, 1.165) is 37.3 Å². The van der Waals surface area contributed by atoms with Crippen molar-refractivity contribution in [2.45, 2.75) is 38.8 Å². The fourth-order valence-corrected chi connectivity index (χ4v) is 5.16. The normalized spacial score (nSPS) is 22.9. The molecule has 0 radical (unpaired) electrons. The number of nitrogens with one attached hydrogen (secondary N) is 1. The molecule has 3 N–H and O–H groups in total. The maximum absolute atomic E-state index is 13.4. The van der Waals surface area contributed by atoms with Gasteiger partial charge in [-0.15, -0.1) is 0 Å². The van der Waals surface area contributed by atoms with Crippen molar-refractivity contribution in [2.24, 2.45) is 5.92 Å². The van der Waals surface area contributed by atoms with Crippen LogP contribution in [0, 0.1) is 5.92 Å². The average Bonchev–Trinajstić information content (AvgIpc) is 2.89. The lowest BCUT2D eigenvalue weighted by Crippen LogP contribution is -2.50. The Labute approximate surface area is 213 Å². The minimum Gasteiger partial charge on any atom is -0.383 e. The SMILES string of the molecule is CCc1cc(NC(=O)C(=O)N2C[C@@H](C)C(OC)CC2c2ccc(N3CCN(C)CC3)cc2)cnc1N. The first kappa shape index (κ1) is 25.9. The summed E-state index contributed by atoms with van der Waals surface area (Å²) in [6, 6.07) is 9.92. The van der Waals surface area contributed by atoms with Crippen LogP contribution in [0.25, 0.3) is 0 Å². The van der Waals surface area contributed by atoms with Crippen LogP contribution in [0.5, 0.6) is 0 Å². The van der Waals surface area contributed by atoms with Gasteiger partial charge in [0.05, 0.1) is 24.0 Å². The number of benzene rings is 1. The fraction of sp³-hybridized carbons (Fsp3) is 0.519. The smallest absolute Gasteiger partial charge is 0.313 e. The van der Waals surface area contributed by atoms with Crippen molar-refractivity contribution < 1.29 is 14.3 Å². The number of nitrogens with two attached hydrogens (primary N) is 1. The van der Waals surface area contributed by atoms with E-state index in [-0.39, 0.29) is 18.1 Å². The quantitative estimate of drug-likeness (QED) is 0.616. The third-order valence-corrected chi connectivity index (χ3v) is 7.50. The zero-order valence-electron chi connectivity index (χ0n) is 21.7. The maximum Gasteiger partial charge on any atom is 0.313 e. The van der Waals surface area contributed by atoms with Crippen LogP contribution in [0.2, 0.25) is 0 Å². The largest absolute Gasteiger partial charge is 0.383 e. The Morgan fingerprint density at radius 3 is 2.50 bits per heavy atom. The molecule has 1 aromatic heterocycles. The van der Waals surface area contributed by atoms with E-state index in [1.807, 2.05) is 6.92 Å². The lowest BCUT2D eigenvalue weighted by Gasteiger charge is -2.42. The van der Waals surface area contributed by atoms with Crippen molar-refractivity contribution in [1.29, 1.82) is 0 Å². The van der Waals surface area contributed by atoms with Crippen molar-refractivity contribution >= 4 is 29.0 Å². The first-order valence-corrected chi connectivity index (χ1v) is 12.7. The average molecular weight is 495 g/mol. The molecule has 2 aliphatic rings. The standard InChI is InChI=1S/C27H38N6O3/c1-5-19-14-21(16-29-25(19)28)30-26(34)27(35)33-17-18(2)24(36-4)15-23(33)20-6-8-22(9-7-20)32-12-10-31(3)11-13-32/h6-9,14,16,18,23-24H,5,10-13,15,17H2,1-4H3,(H2,28,29)(H,30,34)/t18-,23?,24?/m1/s1. The molecule has 2 unspecified atom stereocenters. The molecule has 3 atom stereocenters. The first-order chi connectivity index (χ1) is 17.3. The highest BCUT2D eigenvalue weighted by Gasteiger charge is 2.39. The molecule has 194 valence electrons. The molecule has 2 saturated heterocycles. The van der Waals surface area contributed by atoms with Gasteiger partial charge in [0.2, 0.25) is 0 Å². The van der Waals surface area contributed by atoms with E-state index in [1.54, 1.807) is 18.1 Å². The van der Waals surface area contributed by atoms with Crippen LogP contribution in [-0.2, 0) is 20.7 Å². The number of piperidine rings is 1. The highest BCUT2D eigenvalue weighted by molar-refractivity contribution is 6.39. The van der Waals surface area contributed by atoms with Crippen LogP contribution in [0.15, 0.2) is 36.5 Å². The van der Waals surface area contributed by atoms with Gasteiger partial charge in [-0.05, 0) is 49.2 Å². The lowest BCUT2D eigenvalue weighted by atomic mass is 9.87. The minimum atomic E-state index is -0.675. The van der Waals surface area contributed by atoms with Crippen LogP contribution >= 0.6 is 0 Å². The molecule has 1 aromatic carbocycles. The van der Waals surface area contributed by atoms with Gasteiger partial charge in [-0.25, -0.2) is 4.98 Å². The Balaban J connectivity index is 1.52. The monoisotopic (exact) mass is 494 g/mol. The van der Waals surface area contributed by atoms with E-state index in [2.05, 4.69) is 58.3 Å². The van der Waals surface area contributed by atoms with Gasteiger partial charge < -0.3 is 30.5 Å². The van der Waals surface area contributed by atoms with E-state index < -0.39 is 11.8 Å². The molecule has 9 nitrogen and oxygen atoms in total. The number of piperazine rings is 1. The molecule has 0 saturated carbocycles. The summed E-state index contributed by atoms with van der Waals surface area (Å²) < 4.78 is 5.73. The molecule has 0 spiro atoms. The van der Waals surface area contributed by atoms with Crippen molar-refractivity contribution in [3.63, 3.8) is 0 Å². The molecular formula is C27H38N6O3. The number of methoxy groups -OCH3 is 1. The van der Waals surface area contributed by atoms with Crippen LogP contribution < -0.4 is 16.0 Å². The summed E-state index contributed by atoms with van der Waals surface area (Å²) in [5, 5.41) is 2.72. The van der Waals surface area contributed by atoms with E-state index in [0.29, 0.717) is 30.9 Å². The van der Waals surface area contributed by atoms with E-state index in [1.165, 1.54) is 11.9 Å². The Morgan fingerprint density at radius 2 is 1.86 bits per heavy atom. The highest BCUT2D eigenvalue weighted by atomic mass is 16.5. The molecule has 2 aliphatic heterocycles. The summed E-state index contributed by atoms with van der Waals surface area (Å²) in [7, 11) is 3.85. The molecule has 36 heavy (non-hydrogen) atoms. The summed E-state index contributed by atoms with van der Waals surface area (Å²) in [5.41, 5.74) is 9.36. The number of hydrogen-bond acceptors (Lipinski definition) is 7. The molecule has 4 rings (SSSR count). The van der Waals surface area contributed by atoms with Crippen molar-refractivity contribution in [3.8, 4) is 0 Å². The summed E-state index contributed by atoms with van der Waals surface area (Å²) in [5.74, 6) is -0.694. The predicted molar refractivity (Wildman–Crippen MR) is 142 cm³/mol. The number of ether oxygens (including phenoxy) is 1. The van der Waals surface area contributed by atoms with E-state index >= 15 is 0 Å². The summed E-state index contributed by atoms with van der Waals surface area (Å²) in [6.07, 6.45) is 2.81. The number of aryl methyl sites for hydroxylation is 1. The van der Waals surface area contributed by atoms with Crippen LogP contribution in [0.3, 0.4) is 0 Å². The Kier molecular flexibility index (Phi) is 8.11. The van der Waals surface area contributed by atoms with Gasteiger partial charge >= 0.3 is 11.8 Å². The van der Waals surface area contributed by atoms with Gasteiger partial charge in [0.1, 0.15) is 5.82 Å². The van der Waals surface area contributed by atoms with E-state index in [4.69, 9.17) is 10.5 Å². The molecule has 2 fully saturated rings. The molecule has 9 heteroatoms. The molecular weight excluding hydrogens is 456 g/mol. The second kappa shape index (κ2) is 11.3. The molecule has 0 aliphatic carbocycles. The van der Waals surface area contributed by atoms with Gasteiger partial charge in [0.15, 0.2) is 0 Å². The second-order valence-corrected chi connectivity index (χ2v) is 9.92. The van der Waals surface area contributed by atoms with Gasteiger partial charge in [0, 0.05) is 51.4 Å². The molecule has 3 heterocycles. The minimum absolute atomic E-state index is 0.00725. The summed E-state index contributed by atoms with van der Waals surface area (Å²) in [6.45, 7) is 8.52. The Bertz CT molecular complexity index is 1070. The number of carbonyl (C=O) groups is 2. The van der Waals surface area contributed by atoms with Crippen LogP contribution in [-0.4, -0.2) is 79.6 Å². The first-order valence-electron chi connectivity index (χ1n) is 12.7. The Morgan fingerprint density at radius 1 is 1.17 bits per heavy atom. The summed E-state index contributed by atoms with van der Waals surface area (Å²) >= 11 is 0. The molecule has 2 aromatic rings. The van der Waals surface area contributed by atoms with Gasteiger partial charge in [-0.3, -0.25) is 9.59 Å². The molecule has 0 bridgehead atoms. The number of likely N-dealkylation sites (tertiary alicyclic amines) is 1. The van der Waals surface area contributed by atoms with Crippen molar-refractivity contribution in [2.75, 3.05) is 62.8 Å². The van der Waals surface area contributed by atoms with Crippen LogP contribution in [0.1, 0.15) is 37.4 Å². The maximum atomic E-state index is 13.4. The van der Waals surface area contributed by atoms with Gasteiger partial charge in [0.25, 0.3) is 0 Å². The third-order valence-electron chi connectivity index (χ3n) is 7.50. The lowest BCUT2D eigenvalue weighted by molar-refractivity contribution is -0.149. The van der Waals surface area contributed by atoms with E-state index in [9.17, 15) is 9.59 Å². The van der Waals surface area contributed by atoms with Crippen molar-refractivity contribution in [1.82, 2.24) is 14.8 Å². The zero-order chi connectivity index (χ0) is 25.8. The number of pyridine rings is 1. The number of amides is 2. The van der Waals surface area contributed by atoms with Crippen LogP contribution in [0.4, 0.5) is 17.2 Å². The van der Waals surface area contributed by atoms with Gasteiger partial charge in [-0.1, -0.05) is 26.0 Å². The fourth-order valence-electron chi connectivity index (χ4n) is 5.16. The highest BCUT2D eigenvalue weighted by Crippen LogP contribution is 2.36. The number of likely N-dealkylation sites (N-methyl/N-ethyl adjacent to an activating group) is 1. The van der Waals surface area contributed by atoms with Gasteiger partial charge in [-0.2, -0.15) is 0 Å². The zero-order valence-corrected chi connectivity index (χ0v) is 21.7. The number of carbonyl (C=O) groups excluding carboxylic acids is 2. The second-order valence-electron chi connectivity index (χ2n) is 9.92. The number of nitrogens with zero attached hydrogens (tertiary/aromatic N) is 4. The predicted octanol–water partition coefficient (Wildman–Crippen LogP) is 2.54. The van der Waals surface area contributed by atoms with Crippen molar-refractivity contribution in [3.05, 3.63) is 47.7 Å². The molecule has 2 amide bonds. The number of rotatable bonds is 5. The third kappa shape index (κ3) is 5.63. The number of hydrogen-bond donors (Lipinski definition) is 2. The Hall–Kier alpha value is -3.17. The number of nitrogen functional groups attached to an aromatic ring is 1. The number of aromatic nitrogens is 1.